The molecule has 0 aliphatic rings. The van der Waals surface area contributed by atoms with Crippen molar-refractivity contribution in [3.8, 4) is 5.88 Å². The number of aromatic nitrogens is 3. The Kier molecular flexibility index (Phi) is 5.04. The van der Waals surface area contributed by atoms with Gasteiger partial charge in [0, 0.05) is 24.9 Å². The lowest BCUT2D eigenvalue weighted by atomic mass is 10.2. The SMILES string of the molecule is Cn1cc(NC(=O)c2cc(Cl)nc(OC(F)F)c2)c(C(F)F)n1. The number of nitrogens with zero attached hydrogens (tertiary/aromatic N) is 3. The van der Waals surface area contributed by atoms with Gasteiger partial charge in [-0.15, -0.1) is 0 Å². The van der Waals surface area contributed by atoms with Gasteiger partial charge in [0.2, 0.25) is 5.88 Å². The molecule has 0 bridgehead atoms. The summed E-state index contributed by atoms with van der Waals surface area (Å²) in [5, 5.41) is 5.46. The fraction of sp³-hybridized carbons (Fsp3) is 0.250. The summed E-state index contributed by atoms with van der Waals surface area (Å²) in [4.78, 5) is 15.5. The molecule has 0 saturated heterocycles. The second kappa shape index (κ2) is 6.82. The van der Waals surface area contributed by atoms with Crippen LogP contribution in [0.4, 0.5) is 23.2 Å². The van der Waals surface area contributed by atoms with E-state index in [-0.39, 0.29) is 16.4 Å². The van der Waals surface area contributed by atoms with Crippen LogP contribution in [0, 0.1) is 0 Å². The van der Waals surface area contributed by atoms with Gasteiger partial charge in [0.1, 0.15) is 5.15 Å². The number of carbonyl (C=O) groups excluding carboxylic acids is 1. The first-order valence-corrected chi connectivity index (χ1v) is 6.39. The molecular weight excluding hydrogens is 344 g/mol. The molecule has 0 unspecified atom stereocenters. The molecule has 0 fully saturated rings. The van der Waals surface area contributed by atoms with Gasteiger partial charge in [-0.05, 0) is 6.07 Å². The van der Waals surface area contributed by atoms with Crippen LogP contribution in [0.15, 0.2) is 18.3 Å². The molecule has 2 aromatic heterocycles. The predicted octanol–water partition coefficient (Wildman–Crippen LogP) is 3.26. The van der Waals surface area contributed by atoms with Crippen LogP contribution in [0.1, 0.15) is 22.5 Å². The summed E-state index contributed by atoms with van der Waals surface area (Å²) < 4.78 is 55.1. The lowest BCUT2D eigenvalue weighted by Gasteiger charge is -2.08. The molecule has 0 aromatic carbocycles. The fourth-order valence-corrected chi connectivity index (χ4v) is 1.91. The zero-order chi connectivity index (χ0) is 17.1. The van der Waals surface area contributed by atoms with Gasteiger partial charge >= 0.3 is 6.61 Å². The Morgan fingerprint density at radius 2 is 2.04 bits per heavy atom. The van der Waals surface area contributed by atoms with Crippen LogP contribution in [0.5, 0.6) is 5.88 Å². The van der Waals surface area contributed by atoms with Crippen molar-refractivity contribution in [1.29, 1.82) is 0 Å². The number of pyridine rings is 1. The largest absolute Gasteiger partial charge is 0.417 e. The van der Waals surface area contributed by atoms with E-state index in [9.17, 15) is 22.4 Å². The molecule has 0 atom stereocenters. The van der Waals surface area contributed by atoms with Gasteiger partial charge in [0.15, 0.2) is 5.69 Å². The average molecular weight is 353 g/mol. The number of anilines is 1. The number of hydrogen-bond donors (Lipinski definition) is 1. The first-order valence-electron chi connectivity index (χ1n) is 6.01. The summed E-state index contributed by atoms with van der Waals surface area (Å²) in [6.07, 6.45) is -1.72. The molecule has 11 heteroatoms. The Labute approximate surface area is 132 Å². The van der Waals surface area contributed by atoms with E-state index in [0.29, 0.717) is 0 Å². The van der Waals surface area contributed by atoms with E-state index in [1.807, 2.05) is 0 Å². The van der Waals surface area contributed by atoms with E-state index in [4.69, 9.17) is 11.6 Å². The zero-order valence-corrected chi connectivity index (χ0v) is 12.2. The van der Waals surface area contributed by atoms with Crippen LogP contribution in [0.2, 0.25) is 5.15 Å². The van der Waals surface area contributed by atoms with Gasteiger partial charge in [0.25, 0.3) is 12.3 Å². The molecule has 0 saturated carbocycles. The standard InChI is InChI=1S/C12H9ClF4N4O2/c1-21-4-6(9(20-21)10(14)15)18-11(22)5-2-7(13)19-8(3-5)23-12(16)17/h2-4,10,12H,1H3,(H,18,22). The molecule has 0 radical (unpaired) electrons. The van der Waals surface area contributed by atoms with Crippen LogP contribution >= 0.6 is 11.6 Å². The van der Waals surface area contributed by atoms with Gasteiger partial charge in [-0.3, -0.25) is 9.48 Å². The maximum Gasteiger partial charge on any atom is 0.388 e. The third-order valence-corrected chi connectivity index (χ3v) is 2.75. The number of alkyl halides is 4. The van der Waals surface area contributed by atoms with Gasteiger partial charge in [0.05, 0.1) is 5.69 Å². The molecule has 124 valence electrons. The first-order chi connectivity index (χ1) is 10.8. The zero-order valence-electron chi connectivity index (χ0n) is 11.4. The van der Waals surface area contributed by atoms with Crippen molar-refractivity contribution in [3.05, 3.63) is 34.7 Å². The van der Waals surface area contributed by atoms with E-state index in [2.05, 4.69) is 20.1 Å². The molecule has 0 spiro atoms. The highest BCUT2D eigenvalue weighted by molar-refractivity contribution is 6.30. The normalized spacial score (nSPS) is 11.1. The summed E-state index contributed by atoms with van der Waals surface area (Å²) in [6, 6.07) is 1.99. The molecule has 1 amide bonds. The topological polar surface area (TPSA) is 69.0 Å². The molecular formula is C12H9ClF4N4O2. The number of amides is 1. The summed E-state index contributed by atoms with van der Waals surface area (Å²) in [5.74, 6) is -1.43. The highest BCUT2D eigenvalue weighted by Crippen LogP contribution is 2.26. The molecule has 0 aliphatic heterocycles. The molecule has 2 aromatic rings. The van der Waals surface area contributed by atoms with E-state index in [1.165, 1.54) is 13.2 Å². The lowest BCUT2D eigenvalue weighted by Crippen LogP contribution is -2.14. The summed E-state index contributed by atoms with van der Waals surface area (Å²) in [6.45, 7) is -3.15. The van der Waals surface area contributed by atoms with Gasteiger partial charge < -0.3 is 10.1 Å². The lowest BCUT2D eigenvalue weighted by molar-refractivity contribution is -0.0528. The van der Waals surface area contributed by atoms with Gasteiger partial charge in [-0.25, -0.2) is 13.8 Å². The van der Waals surface area contributed by atoms with Crippen LogP contribution < -0.4 is 10.1 Å². The highest BCUT2D eigenvalue weighted by atomic mass is 35.5. The number of carbonyl (C=O) groups is 1. The number of nitrogens with one attached hydrogen (secondary N) is 1. The van der Waals surface area contributed by atoms with Crippen LogP contribution in [0.3, 0.4) is 0 Å². The third-order valence-electron chi connectivity index (χ3n) is 2.55. The van der Waals surface area contributed by atoms with Crippen molar-refractivity contribution in [2.45, 2.75) is 13.0 Å². The Morgan fingerprint density at radius 1 is 1.35 bits per heavy atom. The second-order valence-electron chi connectivity index (χ2n) is 4.25. The van der Waals surface area contributed by atoms with Crippen LogP contribution in [0.25, 0.3) is 0 Å². The van der Waals surface area contributed by atoms with Crippen molar-refractivity contribution in [2.75, 3.05) is 5.32 Å². The van der Waals surface area contributed by atoms with Gasteiger partial charge in [-0.1, -0.05) is 11.6 Å². The van der Waals surface area contributed by atoms with Crippen molar-refractivity contribution >= 4 is 23.2 Å². The van der Waals surface area contributed by atoms with Crippen LogP contribution in [-0.4, -0.2) is 27.3 Å². The minimum Gasteiger partial charge on any atom is -0.417 e. The molecule has 2 heterocycles. The van der Waals surface area contributed by atoms with Gasteiger partial charge in [-0.2, -0.15) is 13.9 Å². The monoisotopic (exact) mass is 352 g/mol. The first kappa shape index (κ1) is 17.0. The van der Waals surface area contributed by atoms with E-state index < -0.39 is 30.5 Å². The molecule has 1 N–H and O–H groups in total. The molecule has 6 nitrogen and oxygen atoms in total. The van der Waals surface area contributed by atoms with E-state index in [0.717, 1.165) is 16.8 Å². The second-order valence-corrected chi connectivity index (χ2v) is 4.64. The molecule has 23 heavy (non-hydrogen) atoms. The Bertz CT molecular complexity index is 723. The van der Waals surface area contributed by atoms with E-state index >= 15 is 0 Å². The quantitative estimate of drug-likeness (QED) is 0.662. The van der Waals surface area contributed by atoms with Crippen molar-refractivity contribution < 1.29 is 27.1 Å². The summed E-state index contributed by atoms with van der Waals surface area (Å²) in [7, 11) is 1.40. The maximum absolute atomic E-state index is 12.8. The Hall–Kier alpha value is -2.36. The number of halogens is 5. The highest BCUT2D eigenvalue weighted by Gasteiger charge is 2.20. The minimum atomic E-state index is -3.15. The summed E-state index contributed by atoms with van der Waals surface area (Å²) in [5.41, 5.74) is -1.02. The Morgan fingerprint density at radius 3 is 2.65 bits per heavy atom. The molecule has 0 aliphatic carbocycles. The van der Waals surface area contributed by atoms with Crippen LogP contribution in [-0.2, 0) is 7.05 Å². The number of hydrogen-bond acceptors (Lipinski definition) is 4. The minimum absolute atomic E-state index is 0.190. The average Bonchev–Trinajstić information content (AvgIpc) is 2.78. The van der Waals surface area contributed by atoms with Crippen molar-refractivity contribution in [3.63, 3.8) is 0 Å². The fourth-order valence-electron chi connectivity index (χ4n) is 1.71. The Balaban J connectivity index is 2.26. The number of rotatable bonds is 5. The predicted molar refractivity (Wildman–Crippen MR) is 72.0 cm³/mol. The van der Waals surface area contributed by atoms with Crippen molar-refractivity contribution in [2.24, 2.45) is 7.05 Å². The molecule has 2 rings (SSSR count). The number of aryl methyl sites for hydroxylation is 1. The smallest absolute Gasteiger partial charge is 0.388 e. The number of ether oxygens (including phenoxy) is 1. The third kappa shape index (κ3) is 4.31. The maximum atomic E-state index is 12.8. The van der Waals surface area contributed by atoms with Crippen molar-refractivity contribution in [1.82, 2.24) is 14.8 Å². The summed E-state index contributed by atoms with van der Waals surface area (Å²) >= 11 is 5.61. The van der Waals surface area contributed by atoms with E-state index in [1.54, 1.807) is 0 Å².